The zero-order chi connectivity index (χ0) is 11.9. The summed E-state index contributed by atoms with van der Waals surface area (Å²) >= 11 is 0. The van der Waals surface area contributed by atoms with E-state index in [9.17, 15) is 0 Å². The molecule has 2 aliphatic rings. The molecule has 2 nitrogen and oxygen atoms in total. The fourth-order valence-corrected chi connectivity index (χ4v) is 3.58. The van der Waals surface area contributed by atoms with Gasteiger partial charge in [0.1, 0.15) is 5.75 Å². The third-order valence-electron chi connectivity index (χ3n) is 4.68. The van der Waals surface area contributed by atoms with Gasteiger partial charge in [-0.25, -0.2) is 0 Å². The molecular weight excluding hydrogens is 210 g/mol. The van der Waals surface area contributed by atoms with Crippen LogP contribution in [0.3, 0.4) is 0 Å². The fraction of sp³-hybridized carbons (Fsp3) is 0.600. The molecule has 0 unspecified atom stereocenters. The van der Waals surface area contributed by atoms with E-state index in [2.05, 4.69) is 30.4 Å². The molecular formula is C15H21NO. The van der Waals surface area contributed by atoms with Crippen molar-refractivity contribution in [2.75, 3.05) is 7.11 Å². The molecule has 1 aromatic carbocycles. The average molecular weight is 231 g/mol. The van der Waals surface area contributed by atoms with Crippen LogP contribution in [0.1, 0.15) is 43.7 Å². The van der Waals surface area contributed by atoms with E-state index < -0.39 is 0 Å². The van der Waals surface area contributed by atoms with Crippen LogP contribution in [0.5, 0.6) is 5.75 Å². The molecule has 92 valence electrons. The van der Waals surface area contributed by atoms with Gasteiger partial charge in [-0.1, -0.05) is 25.8 Å². The Kier molecular flexibility index (Phi) is 2.62. The van der Waals surface area contributed by atoms with Crippen molar-refractivity contribution < 1.29 is 4.74 Å². The molecule has 3 rings (SSSR count). The van der Waals surface area contributed by atoms with Crippen LogP contribution >= 0.6 is 0 Å². The molecule has 1 saturated carbocycles. The first-order valence-corrected chi connectivity index (χ1v) is 6.65. The summed E-state index contributed by atoms with van der Waals surface area (Å²) in [7, 11) is 1.75. The van der Waals surface area contributed by atoms with E-state index in [-0.39, 0.29) is 0 Å². The Morgan fingerprint density at radius 3 is 3.06 bits per heavy atom. The maximum atomic E-state index is 5.38. The van der Waals surface area contributed by atoms with Gasteiger partial charge in [0.15, 0.2) is 0 Å². The molecule has 0 spiro atoms. The molecule has 2 atom stereocenters. The fourth-order valence-electron chi connectivity index (χ4n) is 3.58. The largest absolute Gasteiger partial charge is 0.497 e. The standard InChI is InChI=1S/C15H21NO/c1-15-8-4-3-5-14(15)16-10-11-6-7-12(17-2)9-13(11)15/h6-7,9,14,16H,3-5,8,10H2,1-2H3/t14-,15+/m1/s1. The molecule has 0 bridgehead atoms. The summed E-state index contributed by atoms with van der Waals surface area (Å²) in [5, 5.41) is 3.71. The molecule has 1 aliphatic heterocycles. The van der Waals surface area contributed by atoms with Gasteiger partial charge in [0.05, 0.1) is 7.11 Å². The summed E-state index contributed by atoms with van der Waals surface area (Å²) in [6.45, 7) is 3.43. The van der Waals surface area contributed by atoms with E-state index >= 15 is 0 Å². The normalized spacial score (nSPS) is 31.5. The number of fused-ring (bicyclic) bond motifs is 3. The maximum Gasteiger partial charge on any atom is 0.119 e. The van der Waals surface area contributed by atoms with Crippen LogP contribution in [0.15, 0.2) is 18.2 Å². The number of nitrogens with one attached hydrogen (secondary N) is 1. The Balaban J connectivity index is 2.08. The van der Waals surface area contributed by atoms with Crippen molar-refractivity contribution in [3.63, 3.8) is 0 Å². The smallest absolute Gasteiger partial charge is 0.119 e. The predicted octanol–water partition coefficient (Wildman–Crippen LogP) is 3.00. The molecule has 0 aromatic heterocycles. The van der Waals surface area contributed by atoms with Gasteiger partial charge in [0, 0.05) is 18.0 Å². The van der Waals surface area contributed by atoms with Crippen LogP contribution in [-0.2, 0) is 12.0 Å². The highest BCUT2D eigenvalue weighted by Crippen LogP contribution is 2.44. The molecule has 1 heterocycles. The molecule has 1 aromatic rings. The van der Waals surface area contributed by atoms with Crippen LogP contribution in [0, 0.1) is 0 Å². The lowest BCUT2D eigenvalue weighted by Gasteiger charge is -2.47. The molecule has 1 fully saturated rings. The third kappa shape index (κ3) is 1.66. The van der Waals surface area contributed by atoms with Crippen LogP contribution in [0.25, 0.3) is 0 Å². The van der Waals surface area contributed by atoms with E-state index in [1.165, 1.54) is 36.8 Å². The first-order chi connectivity index (χ1) is 8.24. The summed E-state index contributed by atoms with van der Waals surface area (Å²) in [5.74, 6) is 0.996. The van der Waals surface area contributed by atoms with Gasteiger partial charge < -0.3 is 10.1 Å². The molecule has 1 N–H and O–H groups in total. The number of methoxy groups -OCH3 is 1. The van der Waals surface area contributed by atoms with E-state index in [1.54, 1.807) is 7.11 Å². The number of benzene rings is 1. The zero-order valence-electron chi connectivity index (χ0n) is 10.8. The van der Waals surface area contributed by atoms with Crippen molar-refractivity contribution in [3.8, 4) is 5.75 Å². The zero-order valence-corrected chi connectivity index (χ0v) is 10.8. The minimum atomic E-state index is 0.306. The highest BCUT2D eigenvalue weighted by Gasteiger charge is 2.41. The second-order valence-corrected chi connectivity index (χ2v) is 5.62. The summed E-state index contributed by atoms with van der Waals surface area (Å²) in [6, 6.07) is 7.20. The van der Waals surface area contributed by atoms with Crippen LogP contribution < -0.4 is 10.1 Å². The van der Waals surface area contributed by atoms with Crippen molar-refractivity contribution in [2.45, 2.75) is 50.6 Å². The summed E-state index contributed by atoms with van der Waals surface area (Å²) in [6.07, 6.45) is 5.33. The van der Waals surface area contributed by atoms with Crippen molar-refractivity contribution in [2.24, 2.45) is 0 Å². The molecule has 2 heteroatoms. The first-order valence-electron chi connectivity index (χ1n) is 6.65. The van der Waals surface area contributed by atoms with Crippen LogP contribution in [0.2, 0.25) is 0 Å². The van der Waals surface area contributed by atoms with Gasteiger partial charge in [-0.15, -0.1) is 0 Å². The predicted molar refractivity (Wildman–Crippen MR) is 69.4 cm³/mol. The molecule has 0 radical (unpaired) electrons. The first kappa shape index (κ1) is 11.1. The number of hydrogen-bond acceptors (Lipinski definition) is 2. The summed E-state index contributed by atoms with van der Waals surface area (Å²) in [5.41, 5.74) is 3.27. The van der Waals surface area contributed by atoms with Gasteiger partial charge in [-0.2, -0.15) is 0 Å². The lowest BCUT2D eigenvalue weighted by Crippen LogP contribution is -2.52. The topological polar surface area (TPSA) is 21.3 Å². The Bertz CT molecular complexity index is 429. The van der Waals surface area contributed by atoms with Gasteiger partial charge in [-0.05, 0) is 36.1 Å². The van der Waals surface area contributed by atoms with E-state index in [0.29, 0.717) is 11.5 Å². The average Bonchev–Trinajstić information content (AvgIpc) is 2.38. The monoisotopic (exact) mass is 231 g/mol. The second kappa shape index (κ2) is 4.02. The Morgan fingerprint density at radius 1 is 1.35 bits per heavy atom. The van der Waals surface area contributed by atoms with Crippen LogP contribution in [0.4, 0.5) is 0 Å². The van der Waals surface area contributed by atoms with Gasteiger partial charge in [-0.3, -0.25) is 0 Å². The van der Waals surface area contributed by atoms with Crippen LogP contribution in [-0.4, -0.2) is 13.2 Å². The molecule has 17 heavy (non-hydrogen) atoms. The van der Waals surface area contributed by atoms with Crippen molar-refractivity contribution in [1.29, 1.82) is 0 Å². The number of ether oxygens (including phenoxy) is 1. The Hall–Kier alpha value is -1.02. The second-order valence-electron chi connectivity index (χ2n) is 5.62. The lowest BCUT2D eigenvalue weighted by molar-refractivity contribution is 0.211. The SMILES string of the molecule is COc1ccc2c(c1)[C@]1(C)CCCC[C@H]1NC2. The molecule has 0 amide bonds. The quantitative estimate of drug-likeness (QED) is 0.802. The van der Waals surface area contributed by atoms with E-state index in [0.717, 1.165) is 12.3 Å². The Labute approximate surface area is 103 Å². The summed E-state index contributed by atoms with van der Waals surface area (Å²) < 4.78 is 5.38. The van der Waals surface area contributed by atoms with Crippen molar-refractivity contribution >= 4 is 0 Å². The van der Waals surface area contributed by atoms with Crippen molar-refractivity contribution in [3.05, 3.63) is 29.3 Å². The number of rotatable bonds is 1. The minimum Gasteiger partial charge on any atom is -0.497 e. The Morgan fingerprint density at radius 2 is 2.24 bits per heavy atom. The highest BCUT2D eigenvalue weighted by atomic mass is 16.5. The highest BCUT2D eigenvalue weighted by molar-refractivity contribution is 5.43. The lowest BCUT2D eigenvalue weighted by atomic mass is 9.64. The molecule has 1 aliphatic carbocycles. The van der Waals surface area contributed by atoms with E-state index in [4.69, 9.17) is 4.74 Å². The third-order valence-corrected chi connectivity index (χ3v) is 4.68. The van der Waals surface area contributed by atoms with Gasteiger partial charge in [0.25, 0.3) is 0 Å². The maximum absolute atomic E-state index is 5.38. The van der Waals surface area contributed by atoms with E-state index in [1.807, 2.05) is 0 Å². The van der Waals surface area contributed by atoms with Gasteiger partial charge >= 0.3 is 0 Å². The minimum absolute atomic E-state index is 0.306. The summed E-state index contributed by atoms with van der Waals surface area (Å²) in [4.78, 5) is 0. The van der Waals surface area contributed by atoms with Crippen molar-refractivity contribution in [1.82, 2.24) is 5.32 Å². The van der Waals surface area contributed by atoms with Gasteiger partial charge in [0.2, 0.25) is 0 Å². The number of hydrogen-bond donors (Lipinski definition) is 1. The molecule has 0 saturated heterocycles.